The highest BCUT2D eigenvalue weighted by molar-refractivity contribution is 5.91. The molecule has 1 N–H and O–H groups in total. The second kappa shape index (κ2) is 5.91. The van der Waals surface area contributed by atoms with Crippen molar-refractivity contribution >= 4 is 12.0 Å². The van der Waals surface area contributed by atoms with Gasteiger partial charge in [-0.25, -0.2) is 0 Å². The summed E-state index contributed by atoms with van der Waals surface area (Å²) in [5, 5.41) is 3.19. The molecule has 1 amide bonds. The van der Waals surface area contributed by atoms with Gasteiger partial charge in [-0.1, -0.05) is 51.5 Å². The van der Waals surface area contributed by atoms with E-state index in [9.17, 15) is 4.79 Å². The van der Waals surface area contributed by atoms with E-state index < -0.39 is 0 Å². The summed E-state index contributed by atoms with van der Waals surface area (Å²) in [6, 6.07) is 8.88. The molecule has 1 aromatic rings. The molecule has 2 fully saturated rings. The van der Waals surface area contributed by atoms with E-state index in [2.05, 4.69) is 50.4 Å². The smallest absolute Gasteiger partial charge is 0.244 e. The van der Waals surface area contributed by atoms with E-state index in [0.29, 0.717) is 6.04 Å². The predicted molar refractivity (Wildman–Crippen MR) is 91.6 cm³/mol. The first-order valence-electron chi connectivity index (χ1n) is 8.51. The van der Waals surface area contributed by atoms with Crippen molar-refractivity contribution in [2.45, 2.75) is 57.9 Å². The molecule has 1 aromatic carbocycles. The molecule has 22 heavy (non-hydrogen) atoms. The van der Waals surface area contributed by atoms with Crippen LogP contribution in [-0.4, -0.2) is 11.9 Å². The Morgan fingerprint density at radius 2 is 1.86 bits per heavy atom. The van der Waals surface area contributed by atoms with Crippen molar-refractivity contribution in [1.29, 1.82) is 0 Å². The molecule has 118 valence electrons. The maximum absolute atomic E-state index is 12.1. The zero-order chi connectivity index (χ0) is 15.7. The number of carbonyl (C=O) groups is 1. The highest BCUT2D eigenvalue weighted by Crippen LogP contribution is 2.44. The zero-order valence-electron chi connectivity index (χ0n) is 13.9. The first kappa shape index (κ1) is 15.3. The van der Waals surface area contributed by atoms with Crippen molar-refractivity contribution < 1.29 is 4.79 Å². The largest absolute Gasteiger partial charge is 0.350 e. The van der Waals surface area contributed by atoms with Gasteiger partial charge in [-0.2, -0.15) is 0 Å². The molecule has 0 heterocycles. The molecule has 3 rings (SSSR count). The van der Waals surface area contributed by atoms with Crippen LogP contribution in [0.15, 0.2) is 30.3 Å². The highest BCUT2D eigenvalue weighted by Gasteiger charge is 2.39. The number of carbonyl (C=O) groups excluding carboxylic acids is 1. The Balaban J connectivity index is 1.56. The van der Waals surface area contributed by atoms with Crippen LogP contribution in [0.4, 0.5) is 0 Å². The fourth-order valence-corrected chi connectivity index (χ4v) is 3.92. The summed E-state index contributed by atoms with van der Waals surface area (Å²) in [4.78, 5) is 12.1. The number of rotatable bonds is 3. The number of hydrogen-bond donors (Lipinski definition) is 1. The van der Waals surface area contributed by atoms with Crippen LogP contribution in [0.1, 0.15) is 57.6 Å². The molecular weight excluding hydrogens is 270 g/mol. The topological polar surface area (TPSA) is 29.1 Å². The van der Waals surface area contributed by atoms with Crippen LogP contribution in [-0.2, 0) is 10.2 Å². The summed E-state index contributed by atoms with van der Waals surface area (Å²) in [5.74, 6) is 1.65. The third-order valence-corrected chi connectivity index (χ3v) is 5.27. The molecule has 0 spiro atoms. The molecule has 0 saturated heterocycles. The summed E-state index contributed by atoms with van der Waals surface area (Å²) in [5.41, 5.74) is 2.56. The Morgan fingerprint density at radius 1 is 1.14 bits per heavy atom. The molecule has 2 aliphatic rings. The highest BCUT2D eigenvalue weighted by atomic mass is 16.1. The molecule has 0 aromatic heterocycles. The molecule has 0 radical (unpaired) electrons. The summed E-state index contributed by atoms with van der Waals surface area (Å²) in [6.45, 7) is 6.63. The predicted octanol–water partition coefficient (Wildman–Crippen LogP) is 4.30. The van der Waals surface area contributed by atoms with Crippen LogP contribution in [0.5, 0.6) is 0 Å². The van der Waals surface area contributed by atoms with Gasteiger partial charge >= 0.3 is 0 Å². The van der Waals surface area contributed by atoms with Gasteiger partial charge in [-0.3, -0.25) is 4.79 Å². The minimum absolute atomic E-state index is 0.0532. The van der Waals surface area contributed by atoms with Crippen molar-refractivity contribution in [2.75, 3.05) is 0 Å². The maximum Gasteiger partial charge on any atom is 0.244 e. The maximum atomic E-state index is 12.1. The lowest BCUT2D eigenvalue weighted by Crippen LogP contribution is -2.37. The first-order valence-corrected chi connectivity index (χ1v) is 8.51. The zero-order valence-corrected chi connectivity index (χ0v) is 13.9. The van der Waals surface area contributed by atoms with Crippen LogP contribution in [0.3, 0.4) is 0 Å². The SMILES string of the molecule is CC(C)(C)c1ccc(/C=C/C(=O)N[C@@H]2C[C@H]3CC[C@@H]2C3)cc1. The van der Waals surface area contributed by atoms with Crippen molar-refractivity contribution in [2.24, 2.45) is 11.8 Å². The van der Waals surface area contributed by atoms with Gasteiger partial charge in [0.05, 0.1) is 0 Å². The van der Waals surface area contributed by atoms with Gasteiger partial charge < -0.3 is 5.32 Å². The third-order valence-electron chi connectivity index (χ3n) is 5.27. The number of nitrogens with one attached hydrogen (secondary N) is 1. The minimum atomic E-state index is 0.0532. The Kier molecular flexibility index (Phi) is 4.12. The lowest BCUT2D eigenvalue weighted by atomic mass is 9.87. The normalized spacial score (nSPS) is 27.5. The van der Waals surface area contributed by atoms with Crippen molar-refractivity contribution in [3.63, 3.8) is 0 Å². The number of hydrogen-bond acceptors (Lipinski definition) is 1. The van der Waals surface area contributed by atoms with Gasteiger partial charge in [0.1, 0.15) is 0 Å². The number of amides is 1. The van der Waals surface area contributed by atoms with E-state index in [1.54, 1.807) is 6.08 Å². The van der Waals surface area contributed by atoms with Gasteiger partial charge in [0.15, 0.2) is 0 Å². The summed E-state index contributed by atoms with van der Waals surface area (Å²) in [6.07, 6.45) is 8.76. The van der Waals surface area contributed by atoms with Crippen LogP contribution in [0, 0.1) is 11.8 Å². The van der Waals surface area contributed by atoms with E-state index in [4.69, 9.17) is 0 Å². The van der Waals surface area contributed by atoms with Gasteiger partial charge in [0.2, 0.25) is 5.91 Å². The Labute approximate surface area is 134 Å². The van der Waals surface area contributed by atoms with E-state index >= 15 is 0 Å². The van der Waals surface area contributed by atoms with Crippen LogP contribution in [0.2, 0.25) is 0 Å². The third kappa shape index (κ3) is 3.43. The van der Waals surface area contributed by atoms with Gasteiger partial charge in [-0.15, -0.1) is 0 Å². The summed E-state index contributed by atoms with van der Waals surface area (Å²) < 4.78 is 0. The molecule has 3 atom stereocenters. The minimum Gasteiger partial charge on any atom is -0.350 e. The average molecular weight is 297 g/mol. The van der Waals surface area contributed by atoms with Crippen LogP contribution >= 0.6 is 0 Å². The molecular formula is C20H27NO. The number of fused-ring (bicyclic) bond motifs is 2. The lowest BCUT2D eigenvalue weighted by Gasteiger charge is -2.22. The van der Waals surface area contributed by atoms with Crippen molar-refractivity contribution in [1.82, 2.24) is 5.32 Å². The van der Waals surface area contributed by atoms with E-state index in [1.807, 2.05) is 6.08 Å². The Hall–Kier alpha value is -1.57. The number of benzene rings is 1. The average Bonchev–Trinajstić information content (AvgIpc) is 3.07. The first-order chi connectivity index (χ1) is 10.4. The van der Waals surface area contributed by atoms with E-state index in [1.165, 1.54) is 31.2 Å². The fourth-order valence-electron chi connectivity index (χ4n) is 3.92. The monoisotopic (exact) mass is 297 g/mol. The molecule has 2 bridgehead atoms. The standard InChI is InChI=1S/C20H27NO/c1-20(2,3)17-9-5-14(6-10-17)7-11-19(22)21-18-13-15-4-8-16(18)12-15/h5-7,9-11,15-16,18H,4,8,12-13H2,1-3H3,(H,21,22)/b11-7+/t15-,16+,18+/m0/s1. The lowest BCUT2D eigenvalue weighted by molar-refractivity contribution is -0.117. The van der Waals surface area contributed by atoms with Gasteiger partial charge in [0.25, 0.3) is 0 Å². The van der Waals surface area contributed by atoms with Crippen LogP contribution < -0.4 is 5.32 Å². The second-order valence-corrected chi connectivity index (χ2v) is 8.00. The van der Waals surface area contributed by atoms with E-state index in [-0.39, 0.29) is 11.3 Å². The molecule has 0 unspecified atom stereocenters. The molecule has 2 saturated carbocycles. The summed E-state index contributed by atoms with van der Waals surface area (Å²) in [7, 11) is 0. The Bertz CT molecular complexity index is 564. The van der Waals surface area contributed by atoms with Crippen molar-refractivity contribution in [3.8, 4) is 0 Å². The fraction of sp³-hybridized carbons (Fsp3) is 0.550. The van der Waals surface area contributed by atoms with Gasteiger partial charge in [0, 0.05) is 12.1 Å². The van der Waals surface area contributed by atoms with Crippen molar-refractivity contribution in [3.05, 3.63) is 41.5 Å². The second-order valence-electron chi connectivity index (χ2n) is 8.00. The van der Waals surface area contributed by atoms with E-state index in [0.717, 1.165) is 17.4 Å². The molecule has 2 aliphatic carbocycles. The quantitative estimate of drug-likeness (QED) is 0.828. The summed E-state index contributed by atoms with van der Waals surface area (Å²) >= 11 is 0. The Morgan fingerprint density at radius 3 is 2.41 bits per heavy atom. The molecule has 2 heteroatoms. The molecule has 0 aliphatic heterocycles. The van der Waals surface area contributed by atoms with Gasteiger partial charge in [-0.05, 0) is 53.7 Å². The molecule has 2 nitrogen and oxygen atoms in total. The van der Waals surface area contributed by atoms with Crippen LogP contribution in [0.25, 0.3) is 6.08 Å².